The van der Waals surface area contributed by atoms with Crippen LogP contribution in [-0.2, 0) is 0 Å². The van der Waals surface area contributed by atoms with Crippen LogP contribution in [0.1, 0.15) is 38.5 Å². The van der Waals surface area contributed by atoms with Crippen LogP contribution >= 0.6 is 0 Å². The second kappa shape index (κ2) is 2.73. The first kappa shape index (κ1) is 9.17. The summed E-state index contributed by atoms with van der Waals surface area (Å²) in [4.78, 5) is 0. The van der Waals surface area contributed by atoms with Gasteiger partial charge in [0.2, 0.25) is 0 Å². The first-order chi connectivity index (χ1) is 6.63. The third kappa shape index (κ3) is 1.24. The first-order valence-electron chi connectivity index (χ1n) is 6.07. The molecule has 2 nitrogen and oxygen atoms in total. The molecular weight excluding hydrogens is 172 g/mol. The fraction of sp³-hybridized carbons (Fsp3) is 1.00. The van der Waals surface area contributed by atoms with Crippen LogP contribution in [0.4, 0.5) is 0 Å². The molecule has 0 spiro atoms. The molecule has 0 radical (unpaired) electrons. The van der Waals surface area contributed by atoms with Crippen LogP contribution in [0.15, 0.2) is 0 Å². The summed E-state index contributed by atoms with van der Waals surface area (Å²) >= 11 is 0. The van der Waals surface area contributed by atoms with E-state index in [4.69, 9.17) is 5.73 Å². The smallest absolute Gasteiger partial charge is 0.0165 e. The molecule has 4 fully saturated rings. The van der Waals surface area contributed by atoms with Gasteiger partial charge in [0.1, 0.15) is 0 Å². The number of nitrogens with one attached hydrogen (secondary N) is 1. The second-order valence-electron chi connectivity index (χ2n) is 6.35. The second-order valence-corrected chi connectivity index (χ2v) is 6.35. The zero-order valence-corrected chi connectivity index (χ0v) is 9.18. The minimum Gasteiger partial charge on any atom is -0.325 e. The maximum absolute atomic E-state index is 6.51. The normalized spacial score (nSPS) is 55.3. The molecule has 4 saturated carbocycles. The molecule has 0 aromatic heterocycles. The SMILES string of the molecule is CNCC12CC3CC(CC(N)(C3)C1)C2. The Morgan fingerprint density at radius 3 is 2.36 bits per heavy atom. The van der Waals surface area contributed by atoms with Crippen molar-refractivity contribution in [1.82, 2.24) is 5.32 Å². The Bertz CT molecular complexity index is 235. The Kier molecular flexibility index (Phi) is 1.79. The molecule has 0 aromatic carbocycles. The molecule has 4 aliphatic rings. The van der Waals surface area contributed by atoms with Gasteiger partial charge in [0.25, 0.3) is 0 Å². The standard InChI is InChI=1S/C12H22N2/c1-14-8-11-3-9-2-10(4-11)6-12(13,5-9)7-11/h9-10,14H,2-8,13H2,1H3. The highest BCUT2D eigenvalue weighted by molar-refractivity contribution is 5.10. The molecule has 3 N–H and O–H groups in total. The van der Waals surface area contributed by atoms with Crippen LogP contribution < -0.4 is 11.1 Å². The molecule has 2 unspecified atom stereocenters. The van der Waals surface area contributed by atoms with Crippen molar-refractivity contribution in [2.75, 3.05) is 13.6 Å². The van der Waals surface area contributed by atoms with Crippen molar-refractivity contribution in [3.63, 3.8) is 0 Å². The van der Waals surface area contributed by atoms with E-state index in [1.807, 2.05) is 0 Å². The summed E-state index contributed by atoms with van der Waals surface area (Å²) in [5.41, 5.74) is 7.31. The topological polar surface area (TPSA) is 38.0 Å². The summed E-state index contributed by atoms with van der Waals surface area (Å²) in [5, 5.41) is 3.39. The van der Waals surface area contributed by atoms with Gasteiger partial charge in [-0.15, -0.1) is 0 Å². The molecule has 4 bridgehead atoms. The average Bonchev–Trinajstić information content (AvgIpc) is 1.97. The lowest BCUT2D eigenvalue weighted by Crippen LogP contribution is -2.61. The van der Waals surface area contributed by atoms with Crippen LogP contribution in [0.2, 0.25) is 0 Å². The quantitative estimate of drug-likeness (QED) is 0.699. The zero-order chi connectivity index (χ0) is 9.81. The number of hydrogen-bond donors (Lipinski definition) is 2. The highest BCUT2D eigenvalue weighted by Gasteiger charge is 2.55. The third-order valence-corrected chi connectivity index (χ3v) is 4.78. The maximum Gasteiger partial charge on any atom is 0.0165 e. The molecule has 0 saturated heterocycles. The lowest BCUT2D eigenvalue weighted by atomic mass is 9.47. The molecule has 2 atom stereocenters. The zero-order valence-electron chi connectivity index (χ0n) is 9.18. The fourth-order valence-electron chi connectivity index (χ4n) is 5.11. The van der Waals surface area contributed by atoms with E-state index in [1.165, 1.54) is 45.1 Å². The summed E-state index contributed by atoms with van der Waals surface area (Å²) in [6, 6.07) is 0. The largest absolute Gasteiger partial charge is 0.325 e. The molecular formula is C12H22N2. The van der Waals surface area contributed by atoms with E-state index in [0.29, 0.717) is 5.41 Å². The van der Waals surface area contributed by atoms with E-state index >= 15 is 0 Å². The Morgan fingerprint density at radius 2 is 1.86 bits per heavy atom. The van der Waals surface area contributed by atoms with Crippen LogP contribution in [0.5, 0.6) is 0 Å². The van der Waals surface area contributed by atoms with Crippen LogP contribution in [0, 0.1) is 17.3 Å². The van der Waals surface area contributed by atoms with Crippen molar-refractivity contribution in [2.45, 2.75) is 44.1 Å². The molecule has 4 rings (SSSR count). The highest BCUT2D eigenvalue weighted by atomic mass is 14.9. The van der Waals surface area contributed by atoms with E-state index in [2.05, 4.69) is 12.4 Å². The van der Waals surface area contributed by atoms with E-state index in [1.54, 1.807) is 0 Å². The van der Waals surface area contributed by atoms with Crippen molar-refractivity contribution in [3.8, 4) is 0 Å². The monoisotopic (exact) mass is 194 g/mol. The van der Waals surface area contributed by atoms with E-state index in [9.17, 15) is 0 Å². The molecule has 14 heavy (non-hydrogen) atoms. The third-order valence-electron chi connectivity index (χ3n) is 4.78. The number of rotatable bonds is 2. The summed E-state index contributed by atoms with van der Waals surface area (Å²) in [7, 11) is 2.09. The molecule has 2 heteroatoms. The summed E-state index contributed by atoms with van der Waals surface area (Å²) in [6.45, 7) is 1.19. The van der Waals surface area contributed by atoms with Crippen LogP contribution in [0.3, 0.4) is 0 Å². The van der Waals surface area contributed by atoms with Gasteiger partial charge in [0.05, 0.1) is 0 Å². The molecule has 4 aliphatic carbocycles. The molecule has 80 valence electrons. The van der Waals surface area contributed by atoms with Crippen molar-refractivity contribution in [3.05, 3.63) is 0 Å². The van der Waals surface area contributed by atoms with Gasteiger partial charge in [-0.05, 0) is 62.8 Å². The van der Waals surface area contributed by atoms with Gasteiger partial charge >= 0.3 is 0 Å². The van der Waals surface area contributed by atoms with E-state index < -0.39 is 0 Å². The van der Waals surface area contributed by atoms with Crippen molar-refractivity contribution >= 4 is 0 Å². The summed E-state index contributed by atoms with van der Waals surface area (Å²) in [6.07, 6.45) is 8.29. The van der Waals surface area contributed by atoms with Gasteiger partial charge in [0.15, 0.2) is 0 Å². The van der Waals surface area contributed by atoms with Gasteiger partial charge in [-0.1, -0.05) is 0 Å². The predicted octanol–water partition coefficient (Wildman–Crippen LogP) is 1.50. The predicted molar refractivity (Wildman–Crippen MR) is 58.0 cm³/mol. The van der Waals surface area contributed by atoms with Gasteiger partial charge in [-0.25, -0.2) is 0 Å². The summed E-state index contributed by atoms with van der Waals surface area (Å²) in [5.74, 6) is 1.91. The minimum atomic E-state index is 0.223. The van der Waals surface area contributed by atoms with Crippen molar-refractivity contribution in [1.29, 1.82) is 0 Å². The van der Waals surface area contributed by atoms with E-state index in [-0.39, 0.29) is 5.54 Å². The Labute approximate surface area is 86.6 Å². The molecule has 0 aromatic rings. The maximum atomic E-state index is 6.51. The summed E-state index contributed by atoms with van der Waals surface area (Å²) < 4.78 is 0. The lowest BCUT2D eigenvalue weighted by Gasteiger charge is -2.61. The fourth-order valence-corrected chi connectivity index (χ4v) is 5.11. The lowest BCUT2D eigenvalue weighted by molar-refractivity contribution is -0.0648. The minimum absolute atomic E-state index is 0.223. The van der Waals surface area contributed by atoms with Crippen LogP contribution in [-0.4, -0.2) is 19.1 Å². The van der Waals surface area contributed by atoms with Gasteiger partial charge in [-0.2, -0.15) is 0 Å². The van der Waals surface area contributed by atoms with Gasteiger partial charge in [0, 0.05) is 12.1 Å². The van der Waals surface area contributed by atoms with E-state index in [0.717, 1.165) is 11.8 Å². The van der Waals surface area contributed by atoms with Crippen molar-refractivity contribution < 1.29 is 0 Å². The first-order valence-corrected chi connectivity index (χ1v) is 6.07. The number of nitrogens with two attached hydrogens (primary N) is 1. The Hall–Kier alpha value is -0.0800. The molecule has 0 amide bonds. The Balaban J connectivity index is 1.89. The van der Waals surface area contributed by atoms with Gasteiger partial charge < -0.3 is 11.1 Å². The Morgan fingerprint density at radius 1 is 1.21 bits per heavy atom. The average molecular weight is 194 g/mol. The van der Waals surface area contributed by atoms with Crippen molar-refractivity contribution in [2.24, 2.45) is 23.0 Å². The molecule has 0 heterocycles. The van der Waals surface area contributed by atoms with Gasteiger partial charge in [-0.3, -0.25) is 0 Å². The highest BCUT2D eigenvalue weighted by Crippen LogP contribution is 2.60. The molecule has 0 aliphatic heterocycles. The van der Waals surface area contributed by atoms with Crippen LogP contribution in [0.25, 0.3) is 0 Å². The number of hydrogen-bond acceptors (Lipinski definition) is 2.